The summed E-state index contributed by atoms with van der Waals surface area (Å²) < 4.78 is 10.4. The molecule has 0 saturated carbocycles. The van der Waals surface area contributed by atoms with Gasteiger partial charge in [0.2, 0.25) is 0 Å². The summed E-state index contributed by atoms with van der Waals surface area (Å²) in [5.74, 6) is -0.783. The molecule has 0 aliphatic heterocycles. The highest BCUT2D eigenvalue weighted by Crippen LogP contribution is 2.55. The molecule has 0 aromatic heterocycles. The normalized spacial score (nSPS) is 9.67. The van der Waals surface area contributed by atoms with Gasteiger partial charge in [-0.05, 0) is 40.6 Å². The Kier molecular flexibility index (Phi) is 3.36. The van der Waals surface area contributed by atoms with Crippen LogP contribution in [0.25, 0.3) is 0 Å². The van der Waals surface area contributed by atoms with Crippen molar-refractivity contribution in [2.75, 3.05) is 0 Å². The standard InChI is InChI=1S/C5H5Cl2OP/c1-5(2)3-4-9(6,7)8/h1H2,2H3. The third-order valence-electron chi connectivity index (χ3n) is 0.399. The van der Waals surface area contributed by atoms with Gasteiger partial charge in [0.1, 0.15) is 0 Å². The Hall–Kier alpha value is 0.110. The molecule has 0 bridgehead atoms. The van der Waals surface area contributed by atoms with Gasteiger partial charge in [-0.3, -0.25) is 4.57 Å². The number of rotatable bonds is 0. The molecule has 0 aromatic rings. The van der Waals surface area contributed by atoms with Crippen molar-refractivity contribution < 1.29 is 4.57 Å². The van der Waals surface area contributed by atoms with E-state index in [2.05, 4.69) is 18.2 Å². The van der Waals surface area contributed by atoms with Gasteiger partial charge < -0.3 is 0 Å². The Morgan fingerprint density at radius 3 is 2.22 bits per heavy atom. The minimum atomic E-state index is -3.20. The second kappa shape index (κ2) is 3.32. The second-order valence-electron chi connectivity index (χ2n) is 1.48. The van der Waals surface area contributed by atoms with Crippen LogP contribution in [0.4, 0.5) is 0 Å². The maximum atomic E-state index is 10.4. The molecule has 0 atom stereocenters. The van der Waals surface area contributed by atoms with Crippen LogP contribution in [0.2, 0.25) is 0 Å². The highest BCUT2D eigenvalue weighted by atomic mass is 35.9. The van der Waals surface area contributed by atoms with Crippen molar-refractivity contribution in [2.24, 2.45) is 0 Å². The smallest absolute Gasteiger partial charge is 0.275 e. The molecule has 0 N–H and O–H groups in total. The van der Waals surface area contributed by atoms with E-state index >= 15 is 0 Å². The fraction of sp³-hybridized carbons (Fsp3) is 0.200. The predicted octanol–water partition coefficient (Wildman–Crippen LogP) is 3.19. The molecule has 0 heterocycles. The Bertz CT molecular complexity index is 217. The molecule has 9 heavy (non-hydrogen) atoms. The molecule has 0 radical (unpaired) electrons. The molecule has 1 nitrogen and oxygen atoms in total. The third-order valence-corrected chi connectivity index (χ3v) is 1.28. The monoisotopic (exact) mass is 182 g/mol. The Morgan fingerprint density at radius 2 is 2.11 bits per heavy atom. The molecule has 0 fully saturated rings. The van der Waals surface area contributed by atoms with Crippen molar-refractivity contribution >= 4 is 28.3 Å². The van der Waals surface area contributed by atoms with Crippen molar-refractivity contribution in [1.82, 2.24) is 0 Å². The van der Waals surface area contributed by atoms with Gasteiger partial charge in [-0.15, -0.1) is 0 Å². The first-order valence-corrected chi connectivity index (χ1v) is 5.61. The van der Waals surface area contributed by atoms with E-state index in [1.807, 2.05) is 0 Å². The van der Waals surface area contributed by atoms with Crippen molar-refractivity contribution in [2.45, 2.75) is 6.92 Å². The van der Waals surface area contributed by atoms with Crippen LogP contribution in [0.5, 0.6) is 0 Å². The highest BCUT2D eigenvalue weighted by molar-refractivity contribution is 8.11. The van der Waals surface area contributed by atoms with E-state index in [1.165, 1.54) is 0 Å². The van der Waals surface area contributed by atoms with E-state index < -0.39 is 5.85 Å². The number of allylic oxidation sites excluding steroid dienone is 1. The highest BCUT2D eigenvalue weighted by Gasteiger charge is 2.06. The summed E-state index contributed by atoms with van der Waals surface area (Å²) in [6.07, 6.45) is 0. The van der Waals surface area contributed by atoms with E-state index in [0.29, 0.717) is 5.57 Å². The zero-order valence-corrected chi connectivity index (χ0v) is 7.22. The van der Waals surface area contributed by atoms with Gasteiger partial charge in [0, 0.05) is 0 Å². The van der Waals surface area contributed by atoms with Crippen LogP contribution in [0.15, 0.2) is 12.2 Å². The van der Waals surface area contributed by atoms with E-state index in [1.54, 1.807) is 6.92 Å². The van der Waals surface area contributed by atoms with Crippen molar-refractivity contribution in [3.05, 3.63) is 12.2 Å². The molecule has 0 saturated heterocycles. The average Bonchev–Trinajstić information content (AvgIpc) is 1.59. The largest absolute Gasteiger partial charge is 0.323 e. The minimum Gasteiger partial charge on any atom is -0.275 e. The van der Waals surface area contributed by atoms with Crippen molar-refractivity contribution in [1.29, 1.82) is 0 Å². The van der Waals surface area contributed by atoms with Gasteiger partial charge in [-0.25, -0.2) is 0 Å². The molecular weight excluding hydrogens is 178 g/mol. The number of hydrogen-bond acceptors (Lipinski definition) is 1. The summed E-state index contributed by atoms with van der Waals surface area (Å²) in [7, 11) is 0. The summed E-state index contributed by atoms with van der Waals surface area (Å²) >= 11 is 10.2. The Morgan fingerprint density at radius 1 is 1.67 bits per heavy atom. The maximum absolute atomic E-state index is 10.4. The fourth-order valence-electron chi connectivity index (χ4n) is 0.161. The van der Waals surface area contributed by atoms with Crippen molar-refractivity contribution in [3.63, 3.8) is 0 Å². The summed E-state index contributed by atoms with van der Waals surface area (Å²) in [4.78, 5) is 0. The molecule has 0 aliphatic rings. The maximum Gasteiger partial charge on any atom is 0.323 e. The lowest BCUT2D eigenvalue weighted by Crippen LogP contribution is -1.58. The lowest BCUT2D eigenvalue weighted by Gasteiger charge is -1.83. The van der Waals surface area contributed by atoms with Crippen LogP contribution in [0.1, 0.15) is 6.92 Å². The molecule has 0 amide bonds. The van der Waals surface area contributed by atoms with Gasteiger partial charge in [-0.2, -0.15) is 0 Å². The Labute approximate surface area is 64.0 Å². The van der Waals surface area contributed by atoms with E-state index in [9.17, 15) is 4.57 Å². The fourth-order valence-corrected chi connectivity index (χ4v) is 0.735. The summed E-state index contributed by atoms with van der Waals surface area (Å²) in [5, 5.41) is 0. The van der Waals surface area contributed by atoms with Gasteiger partial charge in [0.25, 0.3) is 0 Å². The van der Waals surface area contributed by atoms with Crippen LogP contribution in [-0.4, -0.2) is 0 Å². The minimum absolute atomic E-state index is 0.594. The van der Waals surface area contributed by atoms with Gasteiger partial charge >= 0.3 is 5.85 Å². The van der Waals surface area contributed by atoms with Crippen molar-refractivity contribution in [3.8, 4) is 11.6 Å². The van der Waals surface area contributed by atoms with Crippen LogP contribution in [0.3, 0.4) is 0 Å². The SMILES string of the molecule is C=C(C)C#CP(=O)(Cl)Cl. The molecular formula is C5H5Cl2OP. The van der Waals surface area contributed by atoms with Gasteiger partial charge in [0.05, 0.1) is 0 Å². The topological polar surface area (TPSA) is 17.1 Å². The first kappa shape index (κ1) is 9.11. The molecule has 0 unspecified atom stereocenters. The molecule has 4 heteroatoms. The first-order chi connectivity index (χ1) is 3.92. The van der Waals surface area contributed by atoms with E-state index in [-0.39, 0.29) is 0 Å². The summed E-state index contributed by atoms with van der Waals surface area (Å²) in [6, 6.07) is 0. The van der Waals surface area contributed by atoms with E-state index in [4.69, 9.17) is 22.5 Å². The molecule has 0 aromatic carbocycles. The molecule has 0 rings (SSSR count). The lowest BCUT2D eigenvalue weighted by molar-refractivity contribution is 0.598. The third kappa shape index (κ3) is 8.11. The molecule has 0 aliphatic carbocycles. The summed E-state index contributed by atoms with van der Waals surface area (Å²) in [5.41, 5.74) is 2.75. The quantitative estimate of drug-likeness (QED) is 0.416. The van der Waals surface area contributed by atoms with Crippen LogP contribution in [0, 0.1) is 11.6 Å². The van der Waals surface area contributed by atoms with Gasteiger partial charge in [0.15, 0.2) is 0 Å². The Balaban J connectivity index is 4.22. The number of halogens is 2. The zero-order valence-electron chi connectivity index (χ0n) is 4.82. The van der Waals surface area contributed by atoms with Crippen LogP contribution >= 0.6 is 28.3 Å². The molecule has 0 spiro atoms. The van der Waals surface area contributed by atoms with Crippen LogP contribution in [-0.2, 0) is 4.57 Å². The number of hydrogen-bond donors (Lipinski definition) is 0. The van der Waals surface area contributed by atoms with E-state index in [0.717, 1.165) is 0 Å². The van der Waals surface area contributed by atoms with Gasteiger partial charge in [-0.1, -0.05) is 12.5 Å². The second-order valence-corrected chi connectivity index (χ2v) is 6.00. The van der Waals surface area contributed by atoms with Crippen LogP contribution < -0.4 is 0 Å². The lowest BCUT2D eigenvalue weighted by atomic mass is 10.4. The molecule has 50 valence electrons. The summed E-state index contributed by atoms with van der Waals surface area (Å²) in [6.45, 7) is 5.12. The zero-order chi connectivity index (χ0) is 7.49. The predicted molar refractivity (Wildman–Crippen MR) is 41.9 cm³/mol. The average molecular weight is 183 g/mol. The first-order valence-electron chi connectivity index (χ1n) is 2.10.